The van der Waals surface area contributed by atoms with Gasteiger partial charge in [0.15, 0.2) is 17.3 Å². The van der Waals surface area contributed by atoms with Crippen LogP contribution < -0.4 is 14.8 Å². The summed E-state index contributed by atoms with van der Waals surface area (Å²) in [5, 5.41) is 6.97. The van der Waals surface area contributed by atoms with E-state index in [0.717, 1.165) is 17.7 Å². The number of carbonyl (C=O) groups excluding carboxylic acids is 1. The van der Waals surface area contributed by atoms with Gasteiger partial charge in [0, 0.05) is 19.2 Å². The molecule has 1 aromatic carbocycles. The molecule has 2 aromatic heterocycles. The second-order valence-corrected chi connectivity index (χ2v) is 6.83. The molecule has 0 unspecified atom stereocenters. The van der Waals surface area contributed by atoms with Crippen LogP contribution in [0.3, 0.4) is 0 Å². The predicted octanol–water partition coefficient (Wildman–Crippen LogP) is 3.34. The summed E-state index contributed by atoms with van der Waals surface area (Å²) >= 11 is 0. The smallest absolute Gasteiger partial charge is 0.272 e. The summed E-state index contributed by atoms with van der Waals surface area (Å²) in [7, 11) is 3.23. The highest BCUT2D eigenvalue weighted by Gasteiger charge is 2.24. The Morgan fingerprint density at radius 3 is 2.52 bits per heavy atom. The first-order chi connectivity index (χ1) is 14.1. The summed E-state index contributed by atoms with van der Waals surface area (Å²) in [6, 6.07) is 9.22. The molecule has 8 heteroatoms. The molecule has 3 heterocycles. The van der Waals surface area contributed by atoms with E-state index in [4.69, 9.17) is 14.0 Å². The number of carbonyl (C=O) groups is 1. The van der Waals surface area contributed by atoms with Gasteiger partial charge in [0.25, 0.3) is 5.91 Å². The van der Waals surface area contributed by atoms with Crippen LogP contribution in [0.15, 0.2) is 41.1 Å². The number of aryl methyl sites for hydroxylation is 1. The third kappa shape index (κ3) is 3.87. The molecule has 29 heavy (non-hydrogen) atoms. The number of hydrogen-bond acceptors (Lipinski definition) is 7. The highest BCUT2D eigenvalue weighted by Crippen LogP contribution is 2.33. The highest BCUT2D eigenvalue weighted by atomic mass is 16.5. The van der Waals surface area contributed by atoms with Crippen molar-refractivity contribution in [3.05, 3.63) is 59.1 Å². The number of fused-ring (bicyclic) bond motifs is 1. The van der Waals surface area contributed by atoms with Gasteiger partial charge in [0.2, 0.25) is 0 Å². The summed E-state index contributed by atoms with van der Waals surface area (Å²) in [4.78, 5) is 19.0. The first kappa shape index (κ1) is 18.8. The van der Waals surface area contributed by atoms with E-state index in [1.54, 1.807) is 43.5 Å². The number of pyridine rings is 1. The van der Waals surface area contributed by atoms with E-state index in [0.29, 0.717) is 41.9 Å². The Labute approximate surface area is 168 Å². The SMILES string of the molecule is COc1cc2c(cc1OC)CN(C(=O)c1ccc(Nc3cc(C)on3)cn1)CC2. The molecule has 0 spiro atoms. The topological polar surface area (TPSA) is 89.7 Å². The molecule has 1 aliphatic heterocycles. The Morgan fingerprint density at radius 1 is 1.14 bits per heavy atom. The van der Waals surface area contributed by atoms with Gasteiger partial charge in [-0.1, -0.05) is 5.16 Å². The van der Waals surface area contributed by atoms with Gasteiger partial charge in [-0.2, -0.15) is 0 Å². The van der Waals surface area contributed by atoms with Crippen LogP contribution in [0.2, 0.25) is 0 Å². The number of aromatic nitrogens is 2. The Hall–Kier alpha value is -3.55. The fourth-order valence-electron chi connectivity index (χ4n) is 3.39. The van der Waals surface area contributed by atoms with E-state index in [-0.39, 0.29) is 5.91 Å². The maximum atomic E-state index is 12.9. The monoisotopic (exact) mass is 394 g/mol. The number of rotatable bonds is 5. The van der Waals surface area contributed by atoms with Gasteiger partial charge < -0.3 is 24.2 Å². The minimum absolute atomic E-state index is 0.103. The maximum absolute atomic E-state index is 12.9. The number of hydrogen-bond donors (Lipinski definition) is 1. The average molecular weight is 394 g/mol. The van der Waals surface area contributed by atoms with Crippen molar-refractivity contribution in [1.82, 2.24) is 15.0 Å². The lowest BCUT2D eigenvalue weighted by molar-refractivity contribution is 0.0728. The van der Waals surface area contributed by atoms with Gasteiger partial charge in [-0.25, -0.2) is 4.98 Å². The van der Waals surface area contributed by atoms with Crippen LogP contribution >= 0.6 is 0 Å². The predicted molar refractivity (Wildman–Crippen MR) is 107 cm³/mol. The average Bonchev–Trinajstić information content (AvgIpc) is 3.16. The molecule has 1 amide bonds. The van der Waals surface area contributed by atoms with Crippen LogP contribution in [0.5, 0.6) is 11.5 Å². The Kier molecular flexibility index (Phi) is 5.07. The number of nitrogens with one attached hydrogen (secondary N) is 1. The minimum Gasteiger partial charge on any atom is -0.493 e. The maximum Gasteiger partial charge on any atom is 0.272 e. The number of anilines is 2. The molecule has 0 saturated carbocycles. The zero-order chi connectivity index (χ0) is 20.4. The van der Waals surface area contributed by atoms with Crippen LogP contribution in [-0.4, -0.2) is 41.7 Å². The molecule has 3 aromatic rings. The van der Waals surface area contributed by atoms with Crippen molar-refractivity contribution in [2.24, 2.45) is 0 Å². The first-order valence-corrected chi connectivity index (χ1v) is 9.27. The summed E-state index contributed by atoms with van der Waals surface area (Å²) in [6.07, 6.45) is 2.37. The fourth-order valence-corrected chi connectivity index (χ4v) is 3.39. The number of amides is 1. The van der Waals surface area contributed by atoms with Gasteiger partial charge in [0.1, 0.15) is 11.5 Å². The Balaban J connectivity index is 1.47. The number of methoxy groups -OCH3 is 2. The lowest BCUT2D eigenvalue weighted by Gasteiger charge is -2.29. The van der Waals surface area contributed by atoms with E-state index < -0.39 is 0 Å². The van der Waals surface area contributed by atoms with Gasteiger partial charge in [-0.3, -0.25) is 4.79 Å². The normalized spacial score (nSPS) is 13.0. The standard InChI is InChI=1S/C21H22N4O4/c1-13-8-20(24-29-13)23-16-4-5-17(22-11-16)21(26)25-7-6-14-9-18(27-2)19(28-3)10-15(14)12-25/h4-5,8-11H,6-7,12H2,1-3H3,(H,23,24). The van der Waals surface area contributed by atoms with Crippen molar-refractivity contribution in [2.75, 3.05) is 26.1 Å². The second-order valence-electron chi connectivity index (χ2n) is 6.83. The van der Waals surface area contributed by atoms with E-state index >= 15 is 0 Å². The van der Waals surface area contributed by atoms with Crippen molar-refractivity contribution in [2.45, 2.75) is 19.9 Å². The largest absolute Gasteiger partial charge is 0.493 e. The van der Waals surface area contributed by atoms with Crippen LogP contribution in [0.4, 0.5) is 11.5 Å². The van der Waals surface area contributed by atoms with Gasteiger partial charge in [0.05, 0.1) is 26.1 Å². The van der Waals surface area contributed by atoms with Crippen molar-refractivity contribution in [3.63, 3.8) is 0 Å². The van der Waals surface area contributed by atoms with Gasteiger partial charge in [-0.05, 0) is 48.7 Å². The molecular formula is C21H22N4O4. The van der Waals surface area contributed by atoms with E-state index in [9.17, 15) is 4.79 Å². The molecule has 0 saturated heterocycles. The molecule has 1 aliphatic rings. The Morgan fingerprint density at radius 2 is 1.90 bits per heavy atom. The van der Waals surface area contributed by atoms with Crippen LogP contribution in [0.25, 0.3) is 0 Å². The third-order valence-electron chi connectivity index (χ3n) is 4.89. The molecule has 8 nitrogen and oxygen atoms in total. The quantitative estimate of drug-likeness (QED) is 0.710. The molecule has 0 aliphatic carbocycles. The van der Waals surface area contributed by atoms with E-state index in [1.165, 1.54) is 5.56 Å². The van der Waals surface area contributed by atoms with E-state index in [2.05, 4.69) is 15.5 Å². The fraction of sp³-hybridized carbons (Fsp3) is 0.286. The Bertz CT molecular complexity index is 1030. The molecule has 0 atom stereocenters. The molecule has 150 valence electrons. The number of nitrogens with zero attached hydrogens (tertiary/aromatic N) is 3. The van der Waals surface area contributed by atoms with Crippen molar-refractivity contribution < 1.29 is 18.8 Å². The summed E-state index contributed by atoms with van der Waals surface area (Å²) in [6.45, 7) is 2.95. The molecular weight excluding hydrogens is 372 g/mol. The molecule has 4 rings (SSSR count). The molecule has 0 fully saturated rings. The summed E-state index contributed by atoms with van der Waals surface area (Å²) in [5.74, 6) is 2.58. The minimum atomic E-state index is -0.103. The summed E-state index contributed by atoms with van der Waals surface area (Å²) in [5.41, 5.74) is 3.36. The third-order valence-corrected chi connectivity index (χ3v) is 4.89. The summed E-state index contributed by atoms with van der Waals surface area (Å²) < 4.78 is 15.8. The number of benzene rings is 1. The number of ether oxygens (including phenoxy) is 2. The van der Waals surface area contributed by atoms with Gasteiger partial charge >= 0.3 is 0 Å². The van der Waals surface area contributed by atoms with Gasteiger partial charge in [-0.15, -0.1) is 0 Å². The zero-order valence-electron chi connectivity index (χ0n) is 16.6. The van der Waals surface area contributed by atoms with Crippen LogP contribution in [0, 0.1) is 6.92 Å². The van der Waals surface area contributed by atoms with Crippen molar-refractivity contribution in [3.8, 4) is 11.5 Å². The van der Waals surface area contributed by atoms with E-state index in [1.807, 2.05) is 19.1 Å². The second kappa shape index (κ2) is 7.83. The molecule has 0 bridgehead atoms. The highest BCUT2D eigenvalue weighted by molar-refractivity contribution is 5.92. The molecule has 1 N–H and O–H groups in total. The van der Waals surface area contributed by atoms with Crippen molar-refractivity contribution >= 4 is 17.4 Å². The molecule has 0 radical (unpaired) electrons. The lowest BCUT2D eigenvalue weighted by atomic mass is 9.98. The van der Waals surface area contributed by atoms with Crippen molar-refractivity contribution in [1.29, 1.82) is 0 Å². The lowest BCUT2D eigenvalue weighted by Crippen LogP contribution is -2.36. The zero-order valence-corrected chi connectivity index (χ0v) is 16.6. The van der Waals surface area contributed by atoms with Crippen LogP contribution in [-0.2, 0) is 13.0 Å². The van der Waals surface area contributed by atoms with Crippen LogP contribution in [0.1, 0.15) is 27.4 Å². The first-order valence-electron chi connectivity index (χ1n) is 9.27.